The highest BCUT2D eigenvalue weighted by Gasteiger charge is 2.45. The summed E-state index contributed by atoms with van der Waals surface area (Å²) in [5.41, 5.74) is -0.846. The largest absolute Gasteiger partial charge is 0.490 e. The zero-order valence-electron chi connectivity index (χ0n) is 12.0. The Hall–Kier alpha value is -2.07. The van der Waals surface area contributed by atoms with Gasteiger partial charge >= 0.3 is 5.97 Å². The van der Waals surface area contributed by atoms with Gasteiger partial charge in [0.15, 0.2) is 0 Å². The molecule has 0 amide bonds. The first-order valence-corrected chi connectivity index (χ1v) is 7.21. The Morgan fingerprint density at radius 2 is 2.05 bits per heavy atom. The van der Waals surface area contributed by atoms with Crippen molar-refractivity contribution in [1.82, 2.24) is 5.32 Å². The third kappa shape index (κ3) is 2.59. The Bertz CT molecular complexity index is 670. The van der Waals surface area contributed by atoms with Crippen molar-refractivity contribution in [3.8, 4) is 5.75 Å². The number of carboxylic acid groups (broad SMARTS) is 1. The van der Waals surface area contributed by atoms with E-state index in [4.69, 9.17) is 4.74 Å². The van der Waals surface area contributed by atoms with Crippen LogP contribution in [0.5, 0.6) is 5.75 Å². The Morgan fingerprint density at radius 3 is 2.71 bits per heavy atom. The van der Waals surface area contributed by atoms with Crippen LogP contribution in [0.1, 0.15) is 19.3 Å². The van der Waals surface area contributed by atoms with Crippen LogP contribution in [0.2, 0.25) is 0 Å². The number of hydrogen-bond acceptors (Lipinski definition) is 3. The number of hydrogen-bond donors (Lipinski definition) is 2. The Labute approximate surface area is 123 Å². The summed E-state index contributed by atoms with van der Waals surface area (Å²) in [6.45, 7) is 0. The Balaban J connectivity index is 1.76. The maximum absolute atomic E-state index is 11.4. The predicted molar refractivity (Wildman–Crippen MR) is 81.6 cm³/mol. The van der Waals surface area contributed by atoms with E-state index in [-0.39, 0.29) is 6.10 Å². The molecule has 2 aromatic rings. The molecule has 4 nitrogen and oxygen atoms in total. The number of benzene rings is 2. The summed E-state index contributed by atoms with van der Waals surface area (Å²) in [6.07, 6.45) is 1.78. The van der Waals surface area contributed by atoms with Crippen LogP contribution in [0.3, 0.4) is 0 Å². The molecule has 2 unspecified atom stereocenters. The van der Waals surface area contributed by atoms with E-state index in [1.54, 1.807) is 7.05 Å². The molecule has 0 aromatic heterocycles. The van der Waals surface area contributed by atoms with E-state index in [0.717, 1.165) is 17.6 Å². The molecule has 0 bridgehead atoms. The van der Waals surface area contributed by atoms with Crippen molar-refractivity contribution >= 4 is 16.7 Å². The maximum atomic E-state index is 11.4. The van der Waals surface area contributed by atoms with Gasteiger partial charge in [-0.05, 0) is 42.8 Å². The van der Waals surface area contributed by atoms with Crippen molar-refractivity contribution in [2.45, 2.75) is 30.9 Å². The van der Waals surface area contributed by atoms with Gasteiger partial charge in [-0.3, -0.25) is 4.79 Å². The van der Waals surface area contributed by atoms with Crippen molar-refractivity contribution in [1.29, 1.82) is 0 Å². The van der Waals surface area contributed by atoms with E-state index in [2.05, 4.69) is 11.4 Å². The summed E-state index contributed by atoms with van der Waals surface area (Å²) in [5, 5.41) is 14.6. The number of rotatable bonds is 4. The fourth-order valence-corrected chi connectivity index (χ4v) is 3.06. The number of carbonyl (C=O) groups is 1. The van der Waals surface area contributed by atoms with E-state index in [0.29, 0.717) is 12.8 Å². The molecule has 1 aliphatic carbocycles. The maximum Gasteiger partial charge on any atom is 0.324 e. The zero-order chi connectivity index (χ0) is 14.9. The lowest BCUT2D eigenvalue weighted by Crippen LogP contribution is -2.48. The smallest absolute Gasteiger partial charge is 0.324 e. The third-order valence-corrected chi connectivity index (χ3v) is 4.38. The molecule has 110 valence electrons. The average Bonchev–Trinajstić information content (AvgIpc) is 2.92. The van der Waals surface area contributed by atoms with Gasteiger partial charge in [0.1, 0.15) is 17.4 Å². The minimum Gasteiger partial charge on any atom is -0.490 e. The highest BCUT2D eigenvalue weighted by atomic mass is 16.5. The monoisotopic (exact) mass is 285 g/mol. The predicted octanol–water partition coefficient (Wildman–Crippen LogP) is 2.81. The van der Waals surface area contributed by atoms with Crippen LogP contribution in [0.25, 0.3) is 10.8 Å². The second-order valence-corrected chi connectivity index (χ2v) is 5.63. The van der Waals surface area contributed by atoms with Crippen LogP contribution < -0.4 is 10.1 Å². The highest BCUT2D eigenvalue weighted by Crippen LogP contribution is 2.33. The van der Waals surface area contributed by atoms with Crippen LogP contribution in [0.15, 0.2) is 42.5 Å². The molecule has 4 heteroatoms. The minimum absolute atomic E-state index is 0.0605. The lowest BCUT2D eigenvalue weighted by Gasteiger charge is -2.23. The molecule has 0 heterocycles. The lowest BCUT2D eigenvalue weighted by atomic mass is 9.98. The Morgan fingerprint density at radius 1 is 1.29 bits per heavy atom. The number of aliphatic carboxylic acids is 1. The van der Waals surface area contributed by atoms with Gasteiger partial charge in [0.25, 0.3) is 0 Å². The van der Waals surface area contributed by atoms with E-state index < -0.39 is 11.5 Å². The van der Waals surface area contributed by atoms with Crippen molar-refractivity contribution in [2.75, 3.05) is 7.05 Å². The summed E-state index contributed by atoms with van der Waals surface area (Å²) in [4.78, 5) is 11.4. The highest BCUT2D eigenvalue weighted by molar-refractivity contribution is 5.83. The summed E-state index contributed by atoms with van der Waals surface area (Å²) in [6, 6.07) is 14.1. The van der Waals surface area contributed by atoms with Crippen molar-refractivity contribution in [2.24, 2.45) is 0 Å². The topological polar surface area (TPSA) is 58.6 Å². The van der Waals surface area contributed by atoms with Gasteiger partial charge in [-0.15, -0.1) is 0 Å². The first-order valence-electron chi connectivity index (χ1n) is 7.21. The molecule has 2 aromatic carbocycles. The van der Waals surface area contributed by atoms with E-state index in [1.807, 2.05) is 36.4 Å². The van der Waals surface area contributed by atoms with E-state index in [9.17, 15) is 9.90 Å². The van der Waals surface area contributed by atoms with Crippen LogP contribution in [-0.4, -0.2) is 29.8 Å². The standard InChI is InChI=1S/C17H19NO3/c1-18-17(16(19)20)9-8-15(11-17)21-14-7-6-12-4-2-3-5-13(12)10-14/h2-7,10,15,18H,8-9,11H2,1H3,(H,19,20). The second kappa shape index (κ2) is 5.37. The summed E-state index contributed by atoms with van der Waals surface area (Å²) in [7, 11) is 1.70. The molecule has 1 fully saturated rings. The van der Waals surface area contributed by atoms with Crippen LogP contribution in [0, 0.1) is 0 Å². The number of fused-ring (bicyclic) bond motifs is 1. The van der Waals surface area contributed by atoms with Gasteiger partial charge in [-0.1, -0.05) is 30.3 Å². The number of ether oxygens (including phenoxy) is 1. The third-order valence-electron chi connectivity index (χ3n) is 4.38. The quantitative estimate of drug-likeness (QED) is 0.907. The summed E-state index contributed by atoms with van der Waals surface area (Å²) in [5.74, 6) is 0.00519. The minimum atomic E-state index is -0.846. The van der Waals surface area contributed by atoms with Crippen LogP contribution in [-0.2, 0) is 4.79 Å². The van der Waals surface area contributed by atoms with Gasteiger partial charge < -0.3 is 15.2 Å². The van der Waals surface area contributed by atoms with Crippen molar-refractivity contribution in [3.63, 3.8) is 0 Å². The SMILES string of the molecule is CNC1(C(=O)O)CCC(Oc2ccc3ccccc3c2)C1. The van der Waals surface area contributed by atoms with Gasteiger partial charge in [-0.25, -0.2) is 0 Å². The first-order chi connectivity index (χ1) is 10.1. The zero-order valence-corrected chi connectivity index (χ0v) is 12.0. The fourth-order valence-electron chi connectivity index (χ4n) is 3.06. The second-order valence-electron chi connectivity index (χ2n) is 5.63. The molecule has 3 rings (SSSR count). The molecule has 0 saturated heterocycles. The number of carboxylic acids is 1. The molecular formula is C17H19NO3. The van der Waals surface area contributed by atoms with Crippen LogP contribution >= 0.6 is 0 Å². The first kappa shape index (κ1) is 13.9. The summed E-state index contributed by atoms with van der Waals surface area (Å²) >= 11 is 0. The molecule has 2 N–H and O–H groups in total. The molecule has 1 saturated carbocycles. The molecular weight excluding hydrogens is 266 g/mol. The summed E-state index contributed by atoms with van der Waals surface area (Å²) < 4.78 is 5.99. The molecule has 21 heavy (non-hydrogen) atoms. The van der Waals surface area contributed by atoms with E-state index >= 15 is 0 Å². The molecule has 1 aliphatic rings. The Kier molecular flexibility index (Phi) is 3.55. The van der Waals surface area contributed by atoms with Gasteiger partial charge in [0.2, 0.25) is 0 Å². The number of likely N-dealkylation sites (N-methyl/N-ethyl adjacent to an activating group) is 1. The van der Waals surface area contributed by atoms with Gasteiger partial charge in [-0.2, -0.15) is 0 Å². The van der Waals surface area contributed by atoms with Crippen molar-refractivity contribution in [3.05, 3.63) is 42.5 Å². The van der Waals surface area contributed by atoms with Gasteiger partial charge in [0.05, 0.1) is 0 Å². The normalized spacial score (nSPS) is 25.1. The fraction of sp³-hybridized carbons (Fsp3) is 0.353. The van der Waals surface area contributed by atoms with E-state index in [1.165, 1.54) is 5.39 Å². The molecule has 0 radical (unpaired) electrons. The average molecular weight is 285 g/mol. The molecule has 2 atom stereocenters. The molecule has 0 spiro atoms. The molecule has 0 aliphatic heterocycles. The van der Waals surface area contributed by atoms with Crippen LogP contribution in [0.4, 0.5) is 0 Å². The lowest BCUT2D eigenvalue weighted by molar-refractivity contribution is -0.144. The number of nitrogens with one attached hydrogen (secondary N) is 1. The van der Waals surface area contributed by atoms with Gasteiger partial charge in [0, 0.05) is 6.42 Å². The van der Waals surface area contributed by atoms with Crippen molar-refractivity contribution < 1.29 is 14.6 Å².